The predicted octanol–water partition coefficient (Wildman–Crippen LogP) is 2.37. The van der Waals surface area contributed by atoms with Crippen LogP contribution in [0.1, 0.15) is 30.9 Å². The number of hydrogen-bond donors (Lipinski definition) is 1. The van der Waals surface area contributed by atoms with Crippen LogP contribution in [0.2, 0.25) is 0 Å². The van der Waals surface area contributed by atoms with Gasteiger partial charge in [-0.3, -0.25) is 4.90 Å². The second-order valence-corrected chi connectivity index (χ2v) is 5.29. The van der Waals surface area contributed by atoms with Gasteiger partial charge < -0.3 is 5.73 Å². The van der Waals surface area contributed by atoms with Crippen molar-refractivity contribution < 1.29 is 4.39 Å². The summed E-state index contributed by atoms with van der Waals surface area (Å²) in [6.45, 7) is 5.66. The number of nitrogens with two attached hydrogens (primary N) is 1. The van der Waals surface area contributed by atoms with E-state index in [1.807, 2.05) is 6.07 Å². The molecule has 1 aromatic carbocycles. The molecule has 1 atom stereocenters. The molecule has 2 rings (SSSR count). The highest BCUT2D eigenvalue weighted by Gasteiger charge is 2.17. The molecule has 3 heteroatoms. The van der Waals surface area contributed by atoms with Crippen molar-refractivity contribution in [3.8, 4) is 11.8 Å². The number of piperidine rings is 1. The summed E-state index contributed by atoms with van der Waals surface area (Å²) in [4.78, 5) is 2.43. The lowest BCUT2D eigenvalue weighted by atomic mass is 9.99. The van der Waals surface area contributed by atoms with E-state index in [1.54, 1.807) is 0 Å². The maximum Gasteiger partial charge on any atom is 0.124 e. The second kappa shape index (κ2) is 6.70. The van der Waals surface area contributed by atoms with E-state index in [1.165, 1.54) is 25.0 Å². The summed E-state index contributed by atoms with van der Waals surface area (Å²) >= 11 is 0. The minimum Gasteiger partial charge on any atom is -0.320 e. The number of rotatable bonds is 2. The Hall–Kier alpha value is -1.37. The van der Waals surface area contributed by atoms with Gasteiger partial charge in [0.25, 0.3) is 0 Å². The van der Waals surface area contributed by atoms with E-state index in [2.05, 4.69) is 23.7 Å². The molecule has 102 valence electrons. The molecule has 0 spiro atoms. The van der Waals surface area contributed by atoms with Gasteiger partial charge in [0.05, 0.1) is 6.54 Å². The minimum atomic E-state index is -0.239. The van der Waals surface area contributed by atoms with Gasteiger partial charge in [-0.05, 0) is 43.0 Å². The van der Waals surface area contributed by atoms with Crippen LogP contribution in [0.15, 0.2) is 18.2 Å². The molecule has 19 heavy (non-hydrogen) atoms. The summed E-state index contributed by atoms with van der Waals surface area (Å²) in [5.74, 6) is 6.29. The molecule has 1 aromatic rings. The highest BCUT2D eigenvalue weighted by molar-refractivity contribution is 5.41. The van der Waals surface area contributed by atoms with Crippen molar-refractivity contribution in [1.29, 1.82) is 0 Å². The van der Waals surface area contributed by atoms with Gasteiger partial charge in [0.15, 0.2) is 0 Å². The Labute approximate surface area is 114 Å². The average molecular weight is 260 g/mol. The Bertz CT molecular complexity index is 487. The third-order valence-electron chi connectivity index (χ3n) is 3.53. The zero-order valence-corrected chi connectivity index (χ0v) is 11.5. The van der Waals surface area contributed by atoms with Gasteiger partial charge in [-0.25, -0.2) is 4.39 Å². The molecule has 0 aliphatic carbocycles. The number of benzene rings is 1. The van der Waals surface area contributed by atoms with Gasteiger partial charge in [0.2, 0.25) is 0 Å². The maximum atomic E-state index is 13.3. The first-order chi connectivity index (χ1) is 9.19. The second-order valence-electron chi connectivity index (χ2n) is 5.29. The minimum absolute atomic E-state index is 0.239. The van der Waals surface area contributed by atoms with Gasteiger partial charge in [0.1, 0.15) is 5.82 Å². The van der Waals surface area contributed by atoms with Crippen molar-refractivity contribution in [3.63, 3.8) is 0 Å². The van der Waals surface area contributed by atoms with E-state index in [0.29, 0.717) is 6.54 Å². The van der Waals surface area contributed by atoms with Gasteiger partial charge in [-0.2, -0.15) is 0 Å². The lowest BCUT2D eigenvalue weighted by Gasteiger charge is -2.31. The van der Waals surface area contributed by atoms with Crippen LogP contribution in [0, 0.1) is 23.6 Å². The smallest absolute Gasteiger partial charge is 0.124 e. The lowest BCUT2D eigenvalue weighted by molar-refractivity contribution is 0.176. The molecular formula is C16H21FN2. The van der Waals surface area contributed by atoms with Crippen LogP contribution in [0.4, 0.5) is 4.39 Å². The van der Waals surface area contributed by atoms with E-state index >= 15 is 0 Å². The highest BCUT2D eigenvalue weighted by Crippen LogP contribution is 2.19. The van der Waals surface area contributed by atoms with Crippen LogP contribution < -0.4 is 5.73 Å². The van der Waals surface area contributed by atoms with Crippen molar-refractivity contribution >= 4 is 0 Å². The molecule has 0 aromatic heterocycles. The summed E-state index contributed by atoms with van der Waals surface area (Å²) in [6.07, 6.45) is 2.55. The topological polar surface area (TPSA) is 29.3 Å². The maximum absolute atomic E-state index is 13.3. The number of halogens is 1. The molecular weight excluding hydrogens is 239 g/mol. The molecule has 1 heterocycles. The standard InChI is InChI=1S/C16H21FN2/c1-13-4-3-9-19(11-13)12-15-6-7-16(17)10-14(15)5-2-8-18/h6-7,10,13H,3-4,8-9,11-12,18H2,1H3. The fourth-order valence-corrected chi connectivity index (χ4v) is 2.62. The monoisotopic (exact) mass is 260 g/mol. The van der Waals surface area contributed by atoms with Crippen LogP contribution in [0.25, 0.3) is 0 Å². The van der Waals surface area contributed by atoms with Crippen molar-refractivity contribution in [2.45, 2.75) is 26.3 Å². The molecule has 1 saturated heterocycles. The fraction of sp³-hybridized carbons (Fsp3) is 0.500. The normalized spacial score (nSPS) is 19.8. The molecule has 1 fully saturated rings. The first-order valence-corrected chi connectivity index (χ1v) is 6.88. The third kappa shape index (κ3) is 4.05. The molecule has 0 saturated carbocycles. The van der Waals surface area contributed by atoms with Gasteiger partial charge in [0, 0.05) is 18.7 Å². The van der Waals surface area contributed by atoms with Gasteiger partial charge in [-0.1, -0.05) is 24.8 Å². The molecule has 0 amide bonds. The summed E-state index contributed by atoms with van der Waals surface area (Å²) in [5.41, 5.74) is 7.25. The van der Waals surface area contributed by atoms with Crippen molar-refractivity contribution in [3.05, 3.63) is 35.1 Å². The Morgan fingerprint density at radius 3 is 3.05 bits per heavy atom. The molecule has 1 aliphatic rings. The van der Waals surface area contributed by atoms with Crippen LogP contribution >= 0.6 is 0 Å². The molecule has 0 radical (unpaired) electrons. The first kappa shape index (κ1) is 14.0. The summed E-state index contributed by atoms with van der Waals surface area (Å²) < 4.78 is 13.3. The molecule has 2 N–H and O–H groups in total. The highest BCUT2D eigenvalue weighted by atomic mass is 19.1. The third-order valence-corrected chi connectivity index (χ3v) is 3.53. The van der Waals surface area contributed by atoms with E-state index in [0.717, 1.165) is 36.7 Å². The zero-order valence-electron chi connectivity index (χ0n) is 11.5. The molecule has 2 nitrogen and oxygen atoms in total. The summed E-state index contributed by atoms with van der Waals surface area (Å²) in [7, 11) is 0. The van der Waals surface area contributed by atoms with Crippen LogP contribution in [0.3, 0.4) is 0 Å². The van der Waals surface area contributed by atoms with E-state index in [9.17, 15) is 4.39 Å². The number of nitrogens with zero attached hydrogens (tertiary/aromatic N) is 1. The van der Waals surface area contributed by atoms with Crippen molar-refractivity contribution in [2.24, 2.45) is 11.7 Å². The largest absolute Gasteiger partial charge is 0.320 e. The molecule has 0 bridgehead atoms. The van der Waals surface area contributed by atoms with E-state index in [-0.39, 0.29) is 5.82 Å². The average Bonchev–Trinajstić information content (AvgIpc) is 2.39. The Balaban J connectivity index is 2.14. The Morgan fingerprint density at radius 2 is 2.32 bits per heavy atom. The van der Waals surface area contributed by atoms with Gasteiger partial charge >= 0.3 is 0 Å². The Morgan fingerprint density at radius 1 is 1.47 bits per heavy atom. The van der Waals surface area contributed by atoms with Crippen LogP contribution in [0.5, 0.6) is 0 Å². The van der Waals surface area contributed by atoms with Crippen molar-refractivity contribution in [1.82, 2.24) is 4.90 Å². The van der Waals surface area contributed by atoms with Crippen LogP contribution in [-0.2, 0) is 6.54 Å². The summed E-state index contributed by atoms with van der Waals surface area (Å²) in [6, 6.07) is 4.86. The molecule has 1 aliphatic heterocycles. The van der Waals surface area contributed by atoms with E-state index in [4.69, 9.17) is 5.73 Å². The summed E-state index contributed by atoms with van der Waals surface area (Å²) in [5, 5.41) is 0. The number of likely N-dealkylation sites (tertiary alicyclic amines) is 1. The predicted molar refractivity (Wildman–Crippen MR) is 76.0 cm³/mol. The van der Waals surface area contributed by atoms with Crippen molar-refractivity contribution in [2.75, 3.05) is 19.6 Å². The first-order valence-electron chi connectivity index (χ1n) is 6.88. The Kier molecular flexibility index (Phi) is 4.95. The lowest BCUT2D eigenvalue weighted by Crippen LogP contribution is -2.33. The quantitative estimate of drug-likeness (QED) is 0.827. The number of hydrogen-bond acceptors (Lipinski definition) is 2. The van der Waals surface area contributed by atoms with E-state index < -0.39 is 0 Å². The zero-order chi connectivity index (χ0) is 13.7. The van der Waals surface area contributed by atoms with Crippen LogP contribution in [-0.4, -0.2) is 24.5 Å². The van der Waals surface area contributed by atoms with Gasteiger partial charge in [-0.15, -0.1) is 0 Å². The fourth-order valence-electron chi connectivity index (χ4n) is 2.62. The molecule has 1 unspecified atom stereocenters. The SMILES string of the molecule is CC1CCCN(Cc2ccc(F)cc2C#CCN)C1.